The Morgan fingerprint density at radius 3 is 1.16 bits per heavy atom. The zero-order chi connectivity index (χ0) is 46.0. The van der Waals surface area contributed by atoms with Crippen LogP contribution in [0, 0.1) is 0 Å². The number of unbranched alkanes of at least 4 members (excludes halogenated alkanes) is 7. The summed E-state index contributed by atoms with van der Waals surface area (Å²) in [6, 6.07) is 1.19. The Hall–Kier alpha value is -3.26. The summed E-state index contributed by atoms with van der Waals surface area (Å²) in [7, 11) is 3.29. The summed E-state index contributed by atoms with van der Waals surface area (Å²) in [5.41, 5.74) is -0.477. The zero-order valence-electron chi connectivity index (χ0n) is 42.3. The molecule has 0 bridgehead atoms. The predicted octanol–water partition coefficient (Wildman–Crippen LogP) is 10.1. The van der Waals surface area contributed by atoms with Gasteiger partial charge in [-0.15, -0.1) is 0 Å². The van der Waals surface area contributed by atoms with Gasteiger partial charge in [0.2, 0.25) is 23.8 Å². The van der Waals surface area contributed by atoms with Crippen LogP contribution in [-0.2, 0) is 0 Å². The highest BCUT2D eigenvalue weighted by Gasteiger charge is 2.42. The lowest BCUT2D eigenvalue weighted by Crippen LogP contribution is -2.62. The first kappa shape index (κ1) is 51.4. The molecule has 0 atom stereocenters. The number of methoxy groups -OCH3 is 2. The summed E-state index contributed by atoms with van der Waals surface area (Å²) in [6.07, 6.45) is 17.3. The molecule has 0 radical (unpaired) electrons. The van der Waals surface area contributed by atoms with Crippen LogP contribution in [0.4, 0.5) is 23.8 Å². The van der Waals surface area contributed by atoms with Crippen molar-refractivity contribution >= 4 is 23.8 Å². The minimum atomic E-state index is -0.161. The van der Waals surface area contributed by atoms with E-state index in [1.165, 1.54) is 25.7 Å². The van der Waals surface area contributed by atoms with Crippen molar-refractivity contribution < 1.29 is 9.47 Å². The second kappa shape index (κ2) is 21.6. The quantitative estimate of drug-likeness (QED) is 0.0701. The van der Waals surface area contributed by atoms with Crippen molar-refractivity contribution in [1.29, 1.82) is 0 Å². The van der Waals surface area contributed by atoms with Crippen molar-refractivity contribution in [2.45, 2.75) is 245 Å². The lowest BCUT2D eigenvalue weighted by molar-refractivity contribution is 0.156. The van der Waals surface area contributed by atoms with Gasteiger partial charge in [-0.1, -0.05) is 65.2 Å². The van der Waals surface area contributed by atoms with Gasteiger partial charge in [-0.05, 0) is 134 Å². The summed E-state index contributed by atoms with van der Waals surface area (Å²) >= 11 is 0. The zero-order valence-corrected chi connectivity index (χ0v) is 42.3. The van der Waals surface area contributed by atoms with Crippen LogP contribution in [0.25, 0.3) is 0 Å². The number of nitrogens with zero attached hydrogens (tertiary/aromatic N) is 8. The van der Waals surface area contributed by atoms with E-state index in [1.807, 2.05) is 0 Å². The van der Waals surface area contributed by atoms with Crippen LogP contribution in [0.3, 0.4) is 0 Å². The molecule has 2 aliphatic heterocycles. The van der Waals surface area contributed by atoms with Crippen LogP contribution in [0.1, 0.15) is 200 Å². The molecule has 14 heteroatoms. The third-order valence-electron chi connectivity index (χ3n) is 12.6. The predicted molar refractivity (Wildman–Crippen MR) is 258 cm³/mol. The van der Waals surface area contributed by atoms with Crippen LogP contribution in [0.5, 0.6) is 12.0 Å². The van der Waals surface area contributed by atoms with Crippen molar-refractivity contribution in [3.63, 3.8) is 0 Å². The van der Waals surface area contributed by atoms with Gasteiger partial charge in [0.15, 0.2) is 0 Å². The van der Waals surface area contributed by atoms with E-state index in [1.54, 1.807) is 14.2 Å². The highest BCUT2D eigenvalue weighted by molar-refractivity contribution is 5.43. The molecule has 2 aromatic heterocycles. The fraction of sp³-hybridized carbons (Fsp3) is 0.875. The molecule has 14 nitrogen and oxygen atoms in total. The number of hydrogen-bond donors (Lipinski definition) is 4. The molecule has 0 aromatic carbocycles. The van der Waals surface area contributed by atoms with Gasteiger partial charge in [-0.2, -0.15) is 29.9 Å². The van der Waals surface area contributed by atoms with E-state index < -0.39 is 0 Å². The molecule has 62 heavy (non-hydrogen) atoms. The second-order valence-corrected chi connectivity index (χ2v) is 22.5. The van der Waals surface area contributed by atoms with Crippen LogP contribution in [0.2, 0.25) is 0 Å². The van der Waals surface area contributed by atoms with Crippen LogP contribution in [0.15, 0.2) is 0 Å². The Kier molecular flexibility index (Phi) is 17.9. The molecule has 2 saturated heterocycles. The average molecular weight is 867 g/mol. The maximum atomic E-state index is 5.71. The van der Waals surface area contributed by atoms with E-state index >= 15 is 0 Å². The highest BCUT2D eigenvalue weighted by atomic mass is 16.5. The van der Waals surface area contributed by atoms with Gasteiger partial charge >= 0.3 is 12.0 Å². The highest BCUT2D eigenvalue weighted by Crippen LogP contribution is 2.36. The van der Waals surface area contributed by atoms with Crippen LogP contribution in [-0.4, -0.2) is 103 Å². The van der Waals surface area contributed by atoms with Crippen LogP contribution >= 0.6 is 0 Å². The van der Waals surface area contributed by atoms with Crippen molar-refractivity contribution in [2.24, 2.45) is 0 Å². The first-order valence-electron chi connectivity index (χ1n) is 24.2. The van der Waals surface area contributed by atoms with E-state index in [0.717, 1.165) is 90.1 Å². The van der Waals surface area contributed by atoms with Gasteiger partial charge in [0.05, 0.1) is 14.2 Å². The largest absolute Gasteiger partial charge is 0.467 e. The standard InChI is InChI=1S/C48H90N12O2/c1-17-19-23-27-43(3,4)55-37-49-39(53-41(51-37)61-15)59(35-31-45(7,8)57-46(9,10)32-35)29-25-21-22-26-30-60(36-33-47(11,12)58-48(13,14)34-36)40-50-38(52-42(54-40)62-16)56-44(5,6)28-24-20-18-2/h35-36,57-58H,17-34H2,1-16H3,(H,49,51,53,55)(H,50,52,54,56). The second-order valence-electron chi connectivity index (χ2n) is 22.5. The lowest BCUT2D eigenvalue weighted by atomic mass is 9.79. The molecule has 2 fully saturated rings. The van der Waals surface area contributed by atoms with E-state index in [0.29, 0.717) is 35.8 Å². The minimum Gasteiger partial charge on any atom is -0.467 e. The first-order valence-corrected chi connectivity index (χ1v) is 24.2. The van der Waals surface area contributed by atoms with Crippen molar-refractivity contribution in [1.82, 2.24) is 40.5 Å². The fourth-order valence-corrected chi connectivity index (χ4v) is 10.4. The summed E-state index contributed by atoms with van der Waals surface area (Å²) in [5, 5.41) is 15.1. The van der Waals surface area contributed by atoms with Gasteiger partial charge < -0.3 is 40.5 Å². The number of hydrogen-bond acceptors (Lipinski definition) is 14. The summed E-state index contributed by atoms with van der Waals surface area (Å²) in [4.78, 5) is 34.3. The number of anilines is 4. The average Bonchev–Trinajstić information content (AvgIpc) is 3.12. The monoisotopic (exact) mass is 867 g/mol. The van der Waals surface area contributed by atoms with Gasteiger partial charge in [0.1, 0.15) is 0 Å². The summed E-state index contributed by atoms with van der Waals surface area (Å²) < 4.78 is 11.4. The molecule has 2 aromatic rings. The van der Waals surface area contributed by atoms with E-state index in [-0.39, 0.29) is 45.3 Å². The smallest absolute Gasteiger partial charge is 0.322 e. The number of ether oxygens (including phenoxy) is 2. The molecule has 4 rings (SSSR count). The molecular formula is C48H90N12O2. The molecule has 2 aliphatic rings. The number of rotatable bonds is 25. The van der Waals surface area contributed by atoms with E-state index in [9.17, 15) is 0 Å². The topological polar surface area (TPSA) is 150 Å². The number of piperidine rings is 2. The van der Waals surface area contributed by atoms with Crippen molar-refractivity contribution in [3.05, 3.63) is 0 Å². The molecule has 0 amide bonds. The molecule has 0 spiro atoms. The Morgan fingerprint density at radius 2 is 0.855 bits per heavy atom. The molecular weight excluding hydrogens is 777 g/mol. The Balaban J connectivity index is 1.56. The van der Waals surface area contributed by atoms with E-state index in [2.05, 4.69) is 138 Å². The Labute approximate surface area is 377 Å². The van der Waals surface area contributed by atoms with Crippen molar-refractivity contribution in [3.8, 4) is 12.0 Å². The van der Waals surface area contributed by atoms with Gasteiger partial charge in [0, 0.05) is 58.4 Å². The maximum Gasteiger partial charge on any atom is 0.322 e. The third kappa shape index (κ3) is 16.4. The lowest BCUT2D eigenvalue weighted by Gasteiger charge is -2.49. The number of nitrogens with one attached hydrogen (secondary N) is 4. The Bertz CT molecular complexity index is 1530. The van der Waals surface area contributed by atoms with Gasteiger partial charge in [-0.3, -0.25) is 0 Å². The Morgan fingerprint density at radius 1 is 0.516 bits per heavy atom. The molecule has 354 valence electrons. The van der Waals surface area contributed by atoms with E-state index in [4.69, 9.17) is 29.4 Å². The number of aromatic nitrogens is 6. The molecule has 4 N–H and O–H groups in total. The SMILES string of the molecule is CCCCCC(C)(C)Nc1nc(OC)nc(N(CCCCCCN(c2nc(NC(C)(C)CCCCC)nc(OC)n2)C2CC(C)(C)NC(C)(C)C2)C2CC(C)(C)NC(C)(C)C2)n1. The third-order valence-corrected chi connectivity index (χ3v) is 12.6. The maximum absolute atomic E-state index is 5.71. The van der Waals surface area contributed by atoms with Crippen LogP contribution < -0.4 is 40.5 Å². The van der Waals surface area contributed by atoms with Gasteiger partial charge in [0.25, 0.3) is 0 Å². The van der Waals surface area contributed by atoms with Gasteiger partial charge in [-0.25, -0.2) is 0 Å². The van der Waals surface area contributed by atoms with Crippen molar-refractivity contribution in [2.75, 3.05) is 47.7 Å². The summed E-state index contributed by atoms with van der Waals surface area (Å²) in [6.45, 7) is 33.6. The normalized spacial score (nSPS) is 18.9. The first-order chi connectivity index (χ1) is 28.9. The molecule has 0 aliphatic carbocycles. The minimum absolute atomic E-state index is 0.0384. The molecule has 0 saturated carbocycles. The fourth-order valence-electron chi connectivity index (χ4n) is 10.4. The molecule has 4 heterocycles. The summed E-state index contributed by atoms with van der Waals surface area (Å²) in [5.74, 6) is 2.52. The molecule has 0 unspecified atom stereocenters.